The Morgan fingerprint density at radius 3 is 1.39 bits per heavy atom. The summed E-state index contributed by atoms with van der Waals surface area (Å²) in [4.78, 5) is 0. The average Bonchev–Trinajstić information content (AvgIpc) is 3.77. The number of thiophene rings is 2. The van der Waals surface area contributed by atoms with Crippen molar-refractivity contribution < 1.29 is 82.8 Å². The molecule has 0 bridgehead atoms. The summed E-state index contributed by atoms with van der Waals surface area (Å²) in [5.41, 5.74) is -13.1. The molecule has 0 atom stereocenters. The largest absolute Gasteiger partial charge is 0.534 e. The van der Waals surface area contributed by atoms with Crippen LogP contribution in [0.2, 0.25) is 0 Å². The van der Waals surface area contributed by atoms with Crippen LogP contribution >= 0.6 is 22.7 Å². The first-order valence-corrected chi connectivity index (χ1v) is 20.5. The highest BCUT2D eigenvalue weighted by Crippen LogP contribution is 2.38. The van der Waals surface area contributed by atoms with Crippen molar-refractivity contribution in [3.05, 3.63) is 101 Å². The van der Waals surface area contributed by atoms with E-state index in [4.69, 9.17) is 0 Å². The number of benzene rings is 4. The number of alkyl halides is 9. The molecule has 10 nitrogen and oxygen atoms in total. The average molecular weight is 897 g/mol. The molecule has 2 N–H and O–H groups in total. The van der Waals surface area contributed by atoms with Gasteiger partial charge in [-0.15, -0.1) is 26.3 Å². The van der Waals surface area contributed by atoms with Crippen molar-refractivity contribution in [3.8, 4) is 39.5 Å². The highest BCUT2D eigenvalue weighted by molar-refractivity contribution is 8.00. The molecule has 0 aliphatic heterocycles. The zero-order chi connectivity index (χ0) is 42.1. The molecule has 56 heavy (non-hydrogen) atoms. The molecule has 302 valence electrons. The molecular formula is C32H21F9O10S5. The first-order chi connectivity index (χ1) is 25.6. The lowest BCUT2D eigenvalue weighted by atomic mass is 10.0. The fraction of sp³-hybridized carbons (Fsp3) is 0.125. The van der Waals surface area contributed by atoms with Crippen molar-refractivity contribution in [2.24, 2.45) is 0 Å². The standard InChI is InChI=1S/C16H11F3O3S2.C14H10O2S.C2F6O5S2/c1-10-2-7-13(14-8-9-23-15(10)14)11-3-5-12(6-4-11)22-24(20,21)16(17,18)19;15-10-3-1-9(2-4-10)11-5-6-13(16)14-12(11)7-8-17-14;3-1(4,5)14(9,10)13-15(11,12)2(6,7)8/h2-9H,1H3;1-8,15-16H;. The van der Waals surface area contributed by atoms with E-state index >= 15 is 0 Å². The first kappa shape index (κ1) is 44.1. The van der Waals surface area contributed by atoms with Crippen LogP contribution in [-0.4, -0.2) is 52.0 Å². The summed E-state index contributed by atoms with van der Waals surface area (Å²) >= 11 is 3.13. The quantitative estimate of drug-likeness (QED) is 0.0936. The van der Waals surface area contributed by atoms with Gasteiger partial charge in [0, 0.05) is 15.5 Å². The lowest BCUT2D eigenvalue weighted by Gasteiger charge is -2.10. The molecule has 0 radical (unpaired) electrons. The third-order valence-electron chi connectivity index (χ3n) is 6.99. The Kier molecular flexibility index (Phi) is 12.7. The molecule has 0 spiro atoms. The molecular weight excluding hydrogens is 876 g/mol. The third kappa shape index (κ3) is 10.0. The zero-order valence-electron chi connectivity index (χ0n) is 27.3. The third-order valence-corrected chi connectivity index (χ3v) is 12.5. The SMILES string of the molecule is Cc1ccc(-c2ccc(OS(=O)(=O)C(F)(F)F)cc2)c2ccsc12.O=S(=O)(OS(=O)(=O)C(F)(F)F)C(F)(F)F.Oc1ccc(-c2ccc(O)c3sccc23)cc1. The molecule has 0 saturated carbocycles. The van der Waals surface area contributed by atoms with Gasteiger partial charge in [-0.3, -0.25) is 0 Å². The molecule has 0 amide bonds. The molecule has 0 aliphatic carbocycles. The Balaban J connectivity index is 0.000000194. The van der Waals surface area contributed by atoms with E-state index in [0.717, 1.165) is 48.0 Å². The fourth-order valence-corrected chi connectivity index (χ4v) is 8.20. The summed E-state index contributed by atoms with van der Waals surface area (Å²) in [6, 6.07) is 24.0. The lowest BCUT2D eigenvalue weighted by molar-refractivity contribution is -0.0586. The molecule has 2 heterocycles. The maximum Gasteiger partial charge on any atom is 0.534 e. The second-order valence-corrected chi connectivity index (χ2v) is 17.5. The minimum absolute atomic E-state index is 0.258. The highest BCUT2D eigenvalue weighted by atomic mass is 32.3. The van der Waals surface area contributed by atoms with E-state index in [-0.39, 0.29) is 11.5 Å². The van der Waals surface area contributed by atoms with Crippen molar-refractivity contribution in [1.29, 1.82) is 0 Å². The summed E-state index contributed by atoms with van der Waals surface area (Å²) < 4.78 is 175. The Morgan fingerprint density at radius 2 is 0.929 bits per heavy atom. The number of hydrogen-bond donors (Lipinski definition) is 2. The number of halogens is 9. The summed E-state index contributed by atoms with van der Waals surface area (Å²) in [5, 5.41) is 25.0. The first-order valence-electron chi connectivity index (χ1n) is 14.6. The van der Waals surface area contributed by atoms with Gasteiger partial charge in [0.1, 0.15) is 17.2 Å². The second kappa shape index (κ2) is 16.1. The van der Waals surface area contributed by atoms with Crippen LogP contribution in [0.3, 0.4) is 0 Å². The van der Waals surface area contributed by atoms with Gasteiger partial charge in [-0.05, 0) is 94.0 Å². The molecule has 2 aromatic heterocycles. The van der Waals surface area contributed by atoms with Crippen LogP contribution in [0.5, 0.6) is 17.2 Å². The predicted molar refractivity (Wildman–Crippen MR) is 189 cm³/mol. The van der Waals surface area contributed by atoms with Gasteiger partial charge in [-0.2, -0.15) is 64.8 Å². The van der Waals surface area contributed by atoms with E-state index in [1.165, 1.54) is 35.6 Å². The summed E-state index contributed by atoms with van der Waals surface area (Å²) in [6.07, 6.45) is 0. The molecule has 6 rings (SSSR count). The van der Waals surface area contributed by atoms with Gasteiger partial charge in [0.15, 0.2) is 0 Å². The van der Waals surface area contributed by atoms with Crippen LogP contribution in [0.4, 0.5) is 39.5 Å². The molecule has 0 saturated heterocycles. The maximum atomic E-state index is 12.3. The molecule has 0 unspecified atom stereocenters. The van der Waals surface area contributed by atoms with E-state index in [0.29, 0.717) is 5.75 Å². The number of rotatable bonds is 6. The van der Waals surface area contributed by atoms with Gasteiger partial charge in [-0.1, -0.05) is 36.4 Å². The van der Waals surface area contributed by atoms with E-state index < -0.39 is 46.9 Å². The topological polar surface area (TPSA) is 161 Å². The van der Waals surface area contributed by atoms with Crippen LogP contribution < -0.4 is 4.18 Å². The molecule has 6 aromatic rings. The van der Waals surface area contributed by atoms with E-state index in [1.807, 2.05) is 63.8 Å². The Hall–Kier alpha value is -4.62. The van der Waals surface area contributed by atoms with Crippen LogP contribution in [-0.2, 0) is 34.0 Å². The molecule has 0 fully saturated rings. The number of phenolic OH excluding ortho intramolecular Hbond substituents is 2. The van der Waals surface area contributed by atoms with Gasteiger partial charge in [0.05, 0.1) is 4.70 Å². The van der Waals surface area contributed by atoms with Crippen LogP contribution in [0, 0.1) is 6.92 Å². The maximum absolute atomic E-state index is 12.3. The van der Waals surface area contributed by atoms with Gasteiger partial charge < -0.3 is 14.4 Å². The van der Waals surface area contributed by atoms with E-state index in [2.05, 4.69) is 4.18 Å². The van der Waals surface area contributed by atoms with Gasteiger partial charge >= 0.3 is 46.9 Å². The fourth-order valence-electron chi connectivity index (χ4n) is 4.45. The molecule has 4 aromatic carbocycles. The normalized spacial score (nSPS) is 12.8. The van der Waals surface area contributed by atoms with Crippen molar-refractivity contribution in [1.82, 2.24) is 0 Å². The van der Waals surface area contributed by atoms with Crippen LogP contribution in [0.25, 0.3) is 42.4 Å². The number of fused-ring (bicyclic) bond motifs is 2. The van der Waals surface area contributed by atoms with E-state index in [9.17, 15) is 75.0 Å². The number of aryl methyl sites for hydroxylation is 1. The monoisotopic (exact) mass is 896 g/mol. The minimum Gasteiger partial charge on any atom is -0.508 e. The van der Waals surface area contributed by atoms with Crippen molar-refractivity contribution in [2.75, 3.05) is 0 Å². The Morgan fingerprint density at radius 1 is 0.518 bits per heavy atom. The molecule has 24 heteroatoms. The minimum atomic E-state index is -6.85. The smallest absolute Gasteiger partial charge is 0.508 e. The highest BCUT2D eigenvalue weighted by Gasteiger charge is 2.57. The van der Waals surface area contributed by atoms with Crippen LogP contribution in [0.1, 0.15) is 5.56 Å². The second-order valence-electron chi connectivity index (χ2n) is 10.8. The summed E-state index contributed by atoms with van der Waals surface area (Å²) in [6.45, 7) is 2.00. The number of phenols is 2. The van der Waals surface area contributed by atoms with Gasteiger partial charge in [0.25, 0.3) is 0 Å². The number of hydrogen-bond acceptors (Lipinski definition) is 12. The van der Waals surface area contributed by atoms with Crippen molar-refractivity contribution >= 4 is 73.2 Å². The zero-order valence-corrected chi connectivity index (χ0v) is 31.4. The van der Waals surface area contributed by atoms with E-state index in [1.54, 1.807) is 29.5 Å². The van der Waals surface area contributed by atoms with Crippen molar-refractivity contribution in [3.63, 3.8) is 0 Å². The van der Waals surface area contributed by atoms with Crippen molar-refractivity contribution in [2.45, 2.75) is 23.4 Å². The number of aromatic hydroxyl groups is 2. The Labute approximate surface area is 319 Å². The molecule has 0 aliphatic rings. The van der Waals surface area contributed by atoms with Gasteiger partial charge in [0.2, 0.25) is 0 Å². The summed E-state index contributed by atoms with van der Waals surface area (Å²) in [7, 11) is -19.4. The van der Waals surface area contributed by atoms with Gasteiger partial charge in [-0.25, -0.2) is 0 Å². The summed E-state index contributed by atoms with van der Waals surface area (Å²) in [5.74, 6) is 0.191. The lowest BCUT2D eigenvalue weighted by Crippen LogP contribution is -2.34. The van der Waals surface area contributed by atoms with Crippen LogP contribution in [0.15, 0.2) is 95.7 Å². The predicted octanol–water partition coefficient (Wildman–Crippen LogP) is 9.79. The Bertz CT molecular complexity index is 2630.